The van der Waals surface area contributed by atoms with Gasteiger partial charge in [-0.25, -0.2) is 14.4 Å². The maximum atomic E-state index is 10.4. The molecule has 11 nitrogen and oxygen atoms in total. The summed E-state index contributed by atoms with van der Waals surface area (Å²) in [6, 6.07) is 5.93. The van der Waals surface area contributed by atoms with Crippen LogP contribution in [-0.4, -0.2) is 48.4 Å². The minimum atomic E-state index is -1.36. The highest BCUT2D eigenvalue weighted by Gasteiger charge is 2.16. The number of carbonyl (C=O) groups is 3. The summed E-state index contributed by atoms with van der Waals surface area (Å²) in [5, 5.41) is 53.7. The molecule has 0 aromatic heterocycles. The number of aromatic hydroxyl groups is 2. The number of nitro groups is 1. The van der Waals surface area contributed by atoms with E-state index in [0.717, 1.165) is 36.4 Å². The van der Waals surface area contributed by atoms with Crippen LogP contribution in [0.5, 0.6) is 11.5 Å². The lowest BCUT2D eigenvalue weighted by atomic mass is 10.1. The smallest absolute Gasteiger partial charge is 0.339 e. The molecule has 11 heteroatoms. The van der Waals surface area contributed by atoms with E-state index in [4.69, 9.17) is 25.5 Å². The molecule has 0 heterocycles. The first kappa shape index (κ1) is 19.9. The molecular formula is C15H11NO10. The fraction of sp³-hybridized carbons (Fsp3) is 0. The molecule has 26 heavy (non-hydrogen) atoms. The van der Waals surface area contributed by atoms with E-state index in [1.807, 2.05) is 0 Å². The van der Waals surface area contributed by atoms with Gasteiger partial charge in [0.1, 0.15) is 11.3 Å². The predicted molar refractivity (Wildman–Crippen MR) is 83.7 cm³/mol. The minimum Gasteiger partial charge on any atom is -0.507 e. The third-order valence-corrected chi connectivity index (χ3v) is 2.89. The summed E-state index contributed by atoms with van der Waals surface area (Å²) in [6.45, 7) is 0. The molecule has 0 aliphatic carbocycles. The fourth-order valence-corrected chi connectivity index (χ4v) is 1.64. The average molecular weight is 365 g/mol. The Morgan fingerprint density at radius 3 is 1.65 bits per heavy atom. The number of rotatable bonds is 4. The minimum absolute atomic E-state index is 0.171. The lowest BCUT2D eigenvalue weighted by Gasteiger charge is -1.99. The number of benzene rings is 2. The second kappa shape index (κ2) is 8.10. The van der Waals surface area contributed by atoms with Crippen LogP contribution in [0.4, 0.5) is 5.69 Å². The summed E-state index contributed by atoms with van der Waals surface area (Å²) < 4.78 is 0. The Kier molecular flexibility index (Phi) is 6.20. The normalized spacial score (nSPS) is 9.54. The Balaban J connectivity index is 0.000000260. The summed E-state index contributed by atoms with van der Waals surface area (Å²) in [6.07, 6.45) is 0. The molecule has 2 aromatic carbocycles. The van der Waals surface area contributed by atoms with E-state index in [-0.39, 0.29) is 11.1 Å². The second-order valence-corrected chi connectivity index (χ2v) is 4.61. The predicted octanol–water partition coefficient (Wildman–Crippen LogP) is 1.79. The van der Waals surface area contributed by atoms with Gasteiger partial charge in [0.25, 0.3) is 0 Å². The van der Waals surface area contributed by atoms with Crippen molar-refractivity contribution < 1.29 is 44.8 Å². The number of carboxylic acid groups (broad SMARTS) is 3. The maximum Gasteiger partial charge on any atom is 0.339 e. The van der Waals surface area contributed by atoms with Gasteiger partial charge in [0.15, 0.2) is 5.75 Å². The monoisotopic (exact) mass is 365 g/mol. The van der Waals surface area contributed by atoms with Crippen molar-refractivity contribution in [3.05, 3.63) is 63.2 Å². The molecule has 0 radical (unpaired) electrons. The number of hydrogen-bond acceptors (Lipinski definition) is 7. The van der Waals surface area contributed by atoms with Gasteiger partial charge in [-0.3, -0.25) is 10.1 Å². The fourth-order valence-electron chi connectivity index (χ4n) is 1.64. The van der Waals surface area contributed by atoms with E-state index in [2.05, 4.69) is 0 Å². The van der Waals surface area contributed by atoms with Gasteiger partial charge in [0.2, 0.25) is 0 Å². The van der Waals surface area contributed by atoms with Crippen LogP contribution in [0.1, 0.15) is 31.1 Å². The molecule has 0 unspecified atom stereocenters. The van der Waals surface area contributed by atoms with Crippen LogP contribution >= 0.6 is 0 Å². The average Bonchev–Trinajstić information content (AvgIpc) is 2.55. The quantitative estimate of drug-likeness (QED) is 0.393. The molecule has 0 atom stereocenters. The Labute approximate surface area is 144 Å². The molecule has 2 aromatic rings. The van der Waals surface area contributed by atoms with E-state index in [0.29, 0.717) is 0 Å². The highest BCUT2D eigenvalue weighted by Crippen LogP contribution is 2.26. The summed E-state index contributed by atoms with van der Waals surface area (Å²) >= 11 is 0. The molecule has 0 aliphatic rings. The first-order valence-electron chi connectivity index (χ1n) is 6.55. The summed E-state index contributed by atoms with van der Waals surface area (Å²) in [5.74, 6) is -4.86. The molecular weight excluding hydrogens is 354 g/mol. The van der Waals surface area contributed by atoms with Crippen molar-refractivity contribution in [3.63, 3.8) is 0 Å². The van der Waals surface area contributed by atoms with E-state index < -0.39 is 45.6 Å². The Hall–Kier alpha value is -4.15. The molecule has 0 fully saturated rings. The van der Waals surface area contributed by atoms with Crippen LogP contribution < -0.4 is 0 Å². The zero-order valence-corrected chi connectivity index (χ0v) is 12.7. The van der Waals surface area contributed by atoms with Crippen molar-refractivity contribution >= 4 is 23.6 Å². The van der Waals surface area contributed by atoms with E-state index in [1.165, 1.54) is 0 Å². The number of phenols is 2. The van der Waals surface area contributed by atoms with Gasteiger partial charge in [0, 0.05) is 6.07 Å². The summed E-state index contributed by atoms with van der Waals surface area (Å²) in [7, 11) is 0. The summed E-state index contributed by atoms with van der Waals surface area (Å²) in [4.78, 5) is 40.6. The van der Waals surface area contributed by atoms with Gasteiger partial charge in [-0.15, -0.1) is 0 Å². The highest BCUT2D eigenvalue weighted by atomic mass is 16.6. The molecule has 0 amide bonds. The van der Waals surface area contributed by atoms with Crippen LogP contribution in [-0.2, 0) is 0 Å². The van der Waals surface area contributed by atoms with Gasteiger partial charge in [0.05, 0.1) is 16.1 Å². The Morgan fingerprint density at radius 2 is 1.23 bits per heavy atom. The molecule has 0 bridgehead atoms. The number of hydrogen-bond donors (Lipinski definition) is 5. The standard InChI is InChI=1S/C8H6O5.C7H5NO5/c2*9-6-2-1-4(7(10)11)3-5(6)8(12)13/h1-3,9H,(H,10,11)(H,12,13);1-3,9H,(H,10,11). The number of aromatic carboxylic acids is 3. The van der Waals surface area contributed by atoms with Crippen LogP contribution in [0.3, 0.4) is 0 Å². The molecule has 0 saturated heterocycles. The van der Waals surface area contributed by atoms with Gasteiger partial charge >= 0.3 is 23.6 Å². The van der Waals surface area contributed by atoms with E-state index in [1.54, 1.807) is 0 Å². The van der Waals surface area contributed by atoms with Crippen molar-refractivity contribution in [2.75, 3.05) is 0 Å². The van der Waals surface area contributed by atoms with Crippen molar-refractivity contribution in [1.29, 1.82) is 0 Å². The highest BCUT2D eigenvalue weighted by molar-refractivity contribution is 5.95. The molecule has 136 valence electrons. The van der Waals surface area contributed by atoms with Crippen LogP contribution in [0.15, 0.2) is 36.4 Å². The first-order chi connectivity index (χ1) is 12.0. The number of carboxylic acids is 3. The molecule has 0 saturated carbocycles. The van der Waals surface area contributed by atoms with Crippen LogP contribution in [0.2, 0.25) is 0 Å². The third kappa shape index (κ3) is 4.92. The summed E-state index contributed by atoms with van der Waals surface area (Å²) in [5.41, 5.74) is -1.43. The first-order valence-corrected chi connectivity index (χ1v) is 6.55. The molecule has 0 aliphatic heterocycles. The number of nitro benzene ring substituents is 1. The van der Waals surface area contributed by atoms with Gasteiger partial charge < -0.3 is 25.5 Å². The zero-order valence-electron chi connectivity index (χ0n) is 12.7. The lowest BCUT2D eigenvalue weighted by molar-refractivity contribution is -0.385. The molecule has 0 spiro atoms. The van der Waals surface area contributed by atoms with Crippen molar-refractivity contribution in [2.45, 2.75) is 0 Å². The van der Waals surface area contributed by atoms with Crippen molar-refractivity contribution in [2.24, 2.45) is 0 Å². The largest absolute Gasteiger partial charge is 0.507 e. The third-order valence-electron chi connectivity index (χ3n) is 2.89. The van der Waals surface area contributed by atoms with Gasteiger partial charge in [-0.2, -0.15) is 0 Å². The van der Waals surface area contributed by atoms with E-state index >= 15 is 0 Å². The topological polar surface area (TPSA) is 195 Å². The Morgan fingerprint density at radius 1 is 0.769 bits per heavy atom. The second-order valence-electron chi connectivity index (χ2n) is 4.61. The van der Waals surface area contributed by atoms with Crippen LogP contribution in [0.25, 0.3) is 0 Å². The van der Waals surface area contributed by atoms with E-state index in [9.17, 15) is 24.5 Å². The Bertz CT molecular complexity index is 816. The SMILES string of the molecule is O=C(O)c1ccc(O)c(C(=O)O)c1.O=C(O)c1ccc(O)c([N+](=O)[O-])c1. The molecule has 2 rings (SSSR count). The number of phenolic OH excluding ortho intramolecular Hbond substituents is 1. The number of nitrogens with zero attached hydrogens (tertiary/aromatic N) is 1. The van der Waals surface area contributed by atoms with Crippen LogP contribution in [0, 0.1) is 10.1 Å². The maximum absolute atomic E-state index is 10.4. The van der Waals surface area contributed by atoms with Gasteiger partial charge in [-0.1, -0.05) is 0 Å². The lowest BCUT2D eigenvalue weighted by Crippen LogP contribution is -2.02. The molecule has 5 N–H and O–H groups in total. The van der Waals surface area contributed by atoms with Crippen molar-refractivity contribution in [1.82, 2.24) is 0 Å². The van der Waals surface area contributed by atoms with Gasteiger partial charge in [-0.05, 0) is 30.3 Å². The van der Waals surface area contributed by atoms with Crippen molar-refractivity contribution in [3.8, 4) is 11.5 Å². The zero-order chi connectivity index (χ0) is 20.0.